The lowest BCUT2D eigenvalue weighted by Crippen LogP contribution is -2.25. The van der Waals surface area contributed by atoms with Crippen molar-refractivity contribution in [2.24, 2.45) is 5.41 Å². The van der Waals surface area contributed by atoms with E-state index >= 15 is 0 Å². The van der Waals surface area contributed by atoms with E-state index in [4.69, 9.17) is 5.11 Å². The van der Waals surface area contributed by atoms with Gasteiger partial charge >= 0.3 is 0 Å². The molecule has 1 rings (SSSR count). The molecular formula is C10H20N4O. The van der Waals surface area contributed by atoms with Crippen LogP contribution in [-0.4, -0.2) is 31.9 Å². The van der Waals surface area contributed by atoms with Gasteiger partial charge in [0.25, 0.3) is 0 Å². The highest BCUT2D eigenvalue weighted by Crippen LogP contribution is 2.19. The Morgan fingerprint density at radius 1 is 1.20 bits per heavy atom. The Balaban J connectivity index is 2.78. The van der Waals surface area contributed by atoms with Crippen LogP contribution in [0.3, 0.4) is 0 Å². The lowest BCUT2D eigenvalue weighted by atomic mass is 9.90. The summed E-state index contributed by atoms with van der Waals surface area (Å²) in [7, 11) is 0. The third-order valence-electron chi connectivity index (χ3n) is 2.12. The molecule has 0 aromatic carbocycles. The smallest absolute Gasteiger partial charge is 0.175 e. The van der Waals surface area contributed by atoms with Crippen LogP contribution in [0.15, 0.2) is 0 Å². The maximum Gasteiger partial charge on any atom is 0.175 e. The van der Waals surface area contributed by atoms with Gasteiger partial charge in [-0.15, -0.1) is 10.2 Å². The summed E-state index contributed by atoms with van der Waals surface area (Å²) in [6, 6.07) is 0. The van der Waals surface area contributed by atoms with Crippen molar-refractivity contribution in [2.75, 3.05) is 6.61 Å². The molecule has 1 heterocycles. The van der Waals surface area contributed by atoms with Crippen molar-refractivity contribution in [1.82, 2.24) is 20.2 Å². The molecule has 0 spiro atoms. The molecule has 5 nitrogen and oxygen atoms in total. The first-order valence-corrected chi connectivity index (χ1v) is 5.15. The van der Waals surface area contributed by atoms with E-state index in [0.29, 0.717) is 12.2 Å². The van der Waals surface area contributed by atoms with Crippen molar-refractivity contribution >= 4 is 0 Å². The Hall–Kier alpha value is -0.970. The molecule has 0 aliphatic heterocycles. The highest BCUT2D eigenvalue weighted by atomic mass is 16.3. The quantitative estimate of drug-likeness (QED) is 0.811. The summed E-state index contributed by atoms with van der Waals surface area (Å²) in [5, 5.41) is 21.4. The lowest BCUT2D eigenvalue weighted by Gasteiger charge is -2.19. The van der Waals surface area contributed by atoms with Crippen LogP contribution in [0.25, 0.3) is 0 Å². The topological polar surface area (TPSA) is 63.8 Å². The minimum absolute atomic E-state index is 0.122. The SMILES string of the molecule is CC(C)(CO)Cc1nnn(C(C)(C)C)n1. The first-order valence-electron chi connectivity index (χ1n) is 5.15. The Bertz CT molecular complexity index is 324. The molecule has 0 amide bonds. The molecule has 1 N–H and O–H groups in total. The average Bonchev–Trinajstić information content (AvgIpc) is 2.51. The van der Waals surface area contributed by atoms with Crippen LogP contribution in [0.5, 0.6) is 0 Å². The van der Waals surface area contributed by atoms with Crippen molar-refractivity contribution in [3.05, 3.63) is 5.82 Å². The van der Waals surface area contributed by atoms with Crippen LogP contribution in [-0.2, 0) is 12.0 Å². The maximum absolute atomic E-state index is 9.14. The fraction of sp³-hybridized carbons (Fsp3) is 0.900. The van der Waals surface area contributed by atoms with Crippen LogP contribution >= 0.6 is 0 Å². The third kappa shape index (κ3) is 3.27. The molecule has 5 heteroatoms. The molecule has 0 aliphatic rings. The standard InChI is InChI=1S/C10H20N4O/c1-9(2,3)14-12-8(11-13-14)6-10(4,5)7-15/h15H,6-7H2,1-5H3. The molecule has 0 bridgehead atoms. The summed E-state index contributed by atoms with van der Waals surface area (Å²) >= 11 is 0. The Kier molecular flexibility index (Phi) is 3.13. The van der Waals surface area contributed by atoms with Crippen LogP contribution in [0.1, 0.15) is 40.4 Å². The zero-order valence-electron chi connectivity index (χ0n) is 10.2. The van der Waals surface area contributed by atoms with Crippen molar-refractivity contribution in [2.45, 2.75) is 46.6 Å². The molecule has 0 aliphatic carbocycles. The number of aromatic nitrogens is 4. The highest BCUT2D eigenvalue weighted by Gasteiger charge is 2.22. The summed E-state index contributed by atoms with van der Waals surface area (Å²) in [5.74, 6) is 0.684. The predicted molar refractivity (Wildman–Crippen MR) is 57.4 cm³/mol. The van der Waals surface area contributed by atoms with Crippen molar-refractivity contribution in [3.8, 4) is 0 Å². The number of aliphatic hydroxyl groups excluding tert-OH is 1. The zero-order valence-corrected chi connectivity index (χ0v) is 10.2. The minimum atomic E-state index is -0.189. The first kappa shape index (κ1) is 12.1. The van der Waals surface area contributed by atoms with Gasteiger partial charge in [0.15, 0.2) is 5.82 Å². The second-order valence-electron chi connectivity index (χ2n) is 5.67. The molecule has 0 saturated carbocycles. The van der Waals surface area contributed by atoms with E-state index < -0.39 is 0 Å². The van der Waals surface area contributed by atoms with Crippen LogP contribution in [0, 0.1) is 5.41 Å². The molecule has 0 atom stereocenters. The average molecular weight is 212 g/mol. The minimum Gasteiger partial charge on any atom is -0.396 e. The molecule has 0 radical (unpaired) electrons. The van der Waals surface area contributed by atoms with Gasteiger partial charge in [-0.2, -0.15) is 4.80 Å². The van der Waals surface area contributed by atoms with Gasteiger partial charge in [0.05, 0.1) is 5.54 Å². The number of hydrogen-bond donors (Lipinski definition) is 1. The first-order chi connectivity index (χ1) is 6.74. The summed E-state index contributed by atoms with van der Waals surface area (Å²) in [6.07, 6.45) is 0.638. The Morgan fingerprint density at radius 2 is 1.80 bits per heavy atom. The molecule has 0 unspecified atom stereocenters. The fourth-order valence-corrected chi connectivity index (χ4v) is 1.08. The number of hydrogen-bond acceptors (Lipinski definition) is 4. The van der Waals surface area contributed by atoms with E-state index in [1.54, 1.807) is 4.80 Å². The molecule has 1 aromatic heterocycles. The number of aliphatic hydroxyl groups is 1. The third-order valence-corrected chi connectivity index (χ3v) is 2.12. The Morgan fingerprint density at radius 3 is 2.20 bits per heavy atom. The van der Waals surface area contributed by atoms with Gasteiger partial charge in [-0.25, -0.2) is 0 Å². The van der Waals surface area contributed by atoms with Gasteiger partial charge in [-0.1, -0.05) is 13.8 Å². The van der Waals surface area contributed by atoms with Crippen LogP contribution < -0.4 is 0 Å². The number of rotatable bonds is 3. The largest absolute Gasteiger partial charge is 0.396 e. The monoisotopic (exact) mass is 212 g/mol. The molecule has 0 fully saturated rings. The lowest BCUT2D eigenvalue weighted by molar-refractivity contribution is 0.157. The normalized spacial score (nSPS) is 13.2. The summed E-state index contributed by atoms with van der Waals surface area (Å²) < 4.78 is 0. The molecule has 1 aromatic rings. The Labute approximate surface area is 90.5 Å². The zero-order chi connectivity index (χ0) is 11.7. The molecule has 0 saturated heterocycles. The summed E-state index contributed by atoms with van der Waals surface area (Å²) in [4.78, 5) is 1.61. The number of tetrazole rings is 1. The maximum atomic E-state index is 9.14. The van der Waals surface area contributed by atoms with E-state index in [1.165, 1.54) is 0 Å². The van der Waals surface area contributed by atoms with E-state index in [9.17, 15) is 0 Å². The predicted octanol–water partition coefficient (Wildman–Crippen LogP) is 0.989. The second-order valence-corrected chi connectivity index (χ2v) is 5.67. The van der Waals surface area contributed by atoms with Crippen LogP contribution in [0.4, 0.5) is 0 Å². The van der Waals surface area contributed by atoms with E-state index in [1.807, 2.05) is 34.6 Å². The van der Waals surface area contributed by atoms with E-state index in [2.05, 4.69) is 15.4 Å². The summed E-state index contributed by atoms with van der Waals surface area (Å²) in [6.45, 7) is 10.1. The van der Waals surface area contributed by atoms with Gasteiger partial charge in [0.1, 0.15) is 0 Å². The van der Waals surface area contributed by atoms with E-state index in [0.717, 1.165) is 0 Å². The van der Waals surface area contributed by atoms with Gasteiger partial charge in [0, 0.05) is 13.0 Å². The van der Waals surface area contributed by atoms with Gasteiger partial charge in [-0.05, 0) is 31.4 Å². The van der Waals surface area contributed by atoms with Gasteiger partial charge < -0.3 is 5.11 Å². The molecule has 15 heavy (non-hydrogen) atoms. The van der Waals surface area contributed by atoms with Crippen molar-refractivity contribution in [1.29, 1.82) is 0 Å². The van der Waals surface area contributed by atoms with Crippen LogP contribution in [0.2, 0.25) is 0 Å². The highest BCUT2D eigenvalue weighted by molar-refractivity contribution is 4.86. The number of nitrogens with zero attached hydrogens (tertiary/aromatic N) is 4. The van der Waals surface area contributed by atoms with Crippen molar-refractivity contribution < 1.29 is 5.11 Å². The second kappa shape index (κ2) is 3.89. The summed E-state index contributed by atoms with van der Waals surface area (Å²) in [5.41, 5.74) is -0.333. The fourth-order valence-electron chi connectivity index (χ4n) is 1.08. The van der Waals surface area contributed by atoms with Crippen molar-refractivity contribution in [3.63, 3.8) is 0 Å². The molecule has 86 valence electrons. The van der Waals surface area contributed by atoms with Gasteiger partial charge in [0.2, 0.25) is 0 Å². The molecular weight excluding hydrogens is 192 g/mol. The van der Waals surface area contributed by atoms with Gasteiger partial charge in [-0.3, -0.25) is 0 Å². The van der Waals surface area contributed by atoms with E-state index in [-0.39, 0.29) is 17.6 Å².